The summed E-state index contributed by atoms with van der Waals surface area (Å²) in [6.07, 6.45) is 0. The molecule has 2 aromatic carbocycles. The minimum absolute atomic E-state index is 0.117. The van der Waals surface area contributed by atoms with Crippen molar-refractivity contribution in [3.63, 3.8) is 0 Å². The summed E-state index contributed by atoms with van der Waals surface area (Å²) in [5.41, 5.74) is 4.91. The van der Waals surface area contributed by atoms with Crippen molar-refractivity contribution in [1.82, 2.24) is 0 Å². The van der Waals surface area contributed by atoms with E-state index >= 15 is 0 Å². The zero-order chi connectivity index (χ0) is 13.4. The van der Waals surface area contributed by atoms with Crippen LogP contribution in [0.1, 0.15) is 27.1 Å². The summed E-state index contributed by atoms with van der Waals surface area (Å²) in [4.78, 5) is 0.117. The van der Waals surface area contributed by atoms with Gasteiger partial charge >= 0.3 is 0 Å². The van der Waals surface area contributed by atoms with Crippen molar-refractivity contribution in [2.24, 2.45) is 0 Å². The average molecular weight is 403 g/mol. The number of hydrogen-bond acceptors (Lipinski definition) is 1. The van der Waals surface area contributed by atoms with Crippen LogP contribution < -0.4 is 0 Å². The van der Waals surface area contributed by atoms with Crippen molar-refractivity contribution in [2.75, 3.05) is 0 Å². The highest BCUT2D eigenvalue weighted by atomic mass is 79.9. The summed E-state index contributed by atoms with van der Waals surface area (Å²) in [5.74, 6) is 0. The molecule has 19 heavy (non-hydrogen) atoms. The van der Waals surface area contributed by atoms with E-state index in [-0.39, 0.29) is 4.83 Å². The van der Waals surface area contributed by atoms with Crippen LogP contribution in [0.15, 0.2) is 40.9 Å². The van der Waals surface area contributed by atoms with Crippen molar-refractivity contribution >= 4 is 43.5 Å². The Labute approximate surface area is 134 Å². The van der Waals surface area contributed by atoms with Crippen LogP contribution >= 0.6 is 43.5 Å². The first-order valence-corrected chi connectivity index (χ1v) is 8.02. The van der Waals surface area contributed by atoms with Crippen molar-refractivity contribution in [1.29, 1.82) is 0 Å². The number of hydrogen-bond donors (Lipinski definition) is 0. The smallest absolute Gasteiger partial charge is 0.0725 e. The van der Waals surface area contributed by atoms with Crippen molar-refractivity contribution in [3.05, 3.63) is 68.1 Å². The fourth-order valence-electron chi connectivity index (χ4n) is 2.24. The summed E-state index contributed by atoms with van der Waals surface area (Å²) in [5, 5.41) is 0.743. The highest BCUT2D eigenvalue weighted by Gasteiger charge is 2.17. The summed E-state index contributed by atoms with van der Waals surface area (Å²) >= 11 is 13.4. The lowest BCUT2D eigenvalue weighted by Gasteiger charge is -2.14. The van der Waals surface area contributed by atoms with Crippen molar-refractivity contribution < 1.29 is 4.74 Å². The molecule has 1 aliphatic heterocycles. The van der Waals surface area contributed by atoms with Crippen LogP contribution in [0, 0.1) is 0 Å². The monoisotopic (exact) mass is 400 g/mol. The van der Waals surface area contributed by atoms with E-state index < -0.39 is 0 Å². The van der Waals surface area contributed by atoms with E-state index in [1.807, 2.05) is 18.2 Å². The van der Waals surface area contributed by atoms with Gasteiger partial charge in [-0.2, -0.15) is 0 Å². The van der Waals surface area contributed by atoms with Gasteiger partial charge in [0.05, 0.1) is 18.0 Å². The van der Waals surface area contributed by atoms with Gasteiger partial charge in [0.25, 0.3) is 0 Å². The van der Waals surface area contributed by atoms with Crippen LogP contribution in [-0.4, -0.2) is 0 Å². The van der Waals surface area contributed by atoms with E-state index in [9.17, 15) is 0 Å². The zero-order valence-electron chi connectivity index (χ0n) is 10.00. The zero-order valence-corrected chi connectivity index (χ0v) is 13.9. The molecule has 98 valence electrons. The molecule has 0 aromatic heterocycles. The van der Waals surface area contributed by atoms with Crippen LogP contribution in [0.4, 0.5) is 0 Å². The second kappa shape index (κ2) is 5.57. The van der Waals surface area contributed by atoms with Gasteiger partial charge in [-0.1, -0.05) is 61.7 Å². The average Bonchev–Trinajstić information content (AvgIpc) is 2.88. The SMILES string of the molecule is Clc1ccc(Br)c(C(Br)c2ccc3c(c2)COC3)c1. The summed E-state index contributed by atoms with van der Waals surface area (Å²) in [6, 6.07) is 12.3. The van der Waals surface area contributed by atoms with Crippen LogP contribution in [0.25, 0.3) is 0 Å². The molecule has 1 heterocycles. The molecule has 0 radical (unpaired) electrons. The molecule has 0 fully saturated rings. The van der Waals surface area contributed by atoms with Gasteiger partial charge in [0.1, 0.15) is 0 Å². The number of halogens is 3. The lowest BCUT2D eigenvalue weighted by molar-refractivity contribution is 0.134. The third-order valence-electron chi connectivity index (χ3n) is 3.27. The van der Waals surface area contributed by atoms with Crippen molar-refractivity contribution in [2.45, 2.75) is 18.0 Å². The Morgan fingerprint density at radius 1 is 1.05 bits per heavy atom. The van der Waals surface area contributed by atoms with Crippen molar-refractivity contribution in [3.8, 4) is 0 Å². The first kappa shape index (κ1) is 13.6. The Morgan fingerprint density at radius 3 is 2.68 bits per heavy atom. The Kier molecular flexibility index (Phi) is 3.99. The minimum atomic E-state index is 0.117. The van der Waals surface area contributed by atoms with Gasteiger partial charge in [-0.25, -0.2) is 0 Å². The largest absolute Gasteiger partial charge is 0.372 e. The highest BCUT2D eigenvalue weighted by molar-refractivity contribution is 9.11. The predicted molar refractivity (Wildman–Crippen MR) is 84.9 cm³/mol. The number of fused-ring (bicyclic) bond motifs is 1. The van der Waals surface area contributed by atoms with Gasteiger partial charge in [0, 0.05) is 9.50 Å². The molecule has 0 N–H and O–H groups in total. The van der Waals surface area contributed by atoms with Gasteiger partial charge in [0.15, 0.2) is 0 Å². The normalized spacial score (nSPS) is 15.3. The summed E-state index contributed by atoms with van der Waals surface area (Å²) in [6.45, 7) is 1.43. The number of benzene rings is 2. The van der Waals surface area contributed by atoms with Gasteiger partial charge in [0.2, 0.25) is 0 Å². The third-order valence-corrected chi connectivity index (χ3v) is 5.25. The molecule has 1 nitrogen and oxygen atoms in total. The van der Waals surface area contributed by atoms with Crippen LogP contribution in [0.2, 0.25) is 5.02 Å². The first-order valence-electron chi connectivity index (χ1n) is 5.93. The lowest BCUT2D eigenvalue weighted by Crippen LogP contribution is -1.96. The highest BCUT2D eigenvalue weighted by Crippen LogP contribution is 2.38. The fraction of sp³-hybridized carbons (Fsp3) is 0.200. The van der Waals surface area contributed by atoms with E-state index in [0.29, 0.717) is 6.61 Å². The Balaban J connectivity index is 1.99. The van der Waals surface area contributed by atoms with E-state index in [0.717, 1.165) is 21.7 Å². The lowest BCUT2D eigenvalue weighted by atomic mass is 10.0. The molecule has 0 spiro atoms. The molecule has 4 heteroatoms. The standard InChI is InChI=1S/C15H11Br2ClO/c16-14-4-3-12(18)6-13(14)15(17)9-1-2-10-7-19-8-11(10)5-9/h1-6,15H,7-8H2. The van der Waals surface area contributed by atoms with Crippen LogP contribution in [0.5, 0.6) is 0 Å². The molecule has 0 saturated heterocycles. The maximum atomic E-state index is 6.08. The predicted octanol–water partition coefficient (Wildman–Crippen LogP) is 5.62. The van der Waals surface area contributed by atoms with E-state index in [1.165, 1.54) is 16.7 Å². The van der Waals surface area contributed by atoms with Crippen LogP contribution in [0.3, 0.4) is 0 Å². The molecule has 0 saturated carbocycles. The summed E-state index contributed by atoms with van der Waals surface area (Å²) < 4.78 is 6.50. The molecule has 0 bridgehead atoms. The molecule has 1 aliphatic rings. The Hall–Kier alpha value is -0.350. The minimum Gasteiger partial charge on any atom is -0.372 e. The molecular weight excluding hydrogens is 391 g/mol. The van der Waals surface area contributed by atoms with Gasteiger partial charge in [-0.05, 0) is 40.5 Å². The van der Waals surface area contributed by atoms with E-state index in [4.69, 9.17) is 16.3 Å². The number of alkyl halides is 1. The van der Waals surface area contributed by atoms with Gasteiger partial charge in [-0.15, -0.1) is 0 Å². The van der Waals surface area contributed by atoms with Gasteiger partial charge < -0.3 is 4.74 Å². The number of ether oxygens (including phenoxy) is 1. The van der Waals surface area contributed by atoms with Crippen LogP contribution in [-0.2, 0) is 18.0 Å². The molecular formula is C15H11Br2ClO. The second-order valence-corrected chi connectivity index (χ2v) is 6.76. The molecule has 1 unspecified atom stereocenters. The molecule has 2 aromatic rings. The fourth-order valence-corrected chi connectivity index (χ4v) is 3.86. The Morgan fingerprint density at radius 2 is 1.84 bits per heavy atom. The quantitative estimate of drug-likeness (QED) is 0.593. The topological polar surface area (TPSA) is 9.23 Å². The number of rotatable bonds is 2. The van der Waals surface area contributed by atoms with Gasteiger partial charge in [-0.3, -0.25) is 0 Å². The van der Waals surface area contributed by atoms with E-state index in [2.05, 4.69) is 50.1 Å². The summed E-state index contributed by atoms with van der Waals surface area (Å²) in [7, 11) is 0. The first-order chi connectivity index (χ1) is 9.15. The van der Waals surface area contributed by atoms with E-state index in [1.54, 1.807) is 0 Å². The third kappa shape index (κ3) is 2.75. The molecule has 3 rings (SSSR count). The Bertz CT molecular complexity index is 628. The second-order valence-electron chi connectivity index (χ2n) is 4.55. The molecule has 0 amide bonds. The molecule has 1 atom stereocenters. The maximum Gasteiger partial charge on any atom is 0.0725 e. The maximum absolute atomic E-state index is 6.08. The molecule has 0 aliphatic carbocycles.